The summed E-state index contributed by atoms with van der Waals surface area (Å²) >= 11 is 0. The van der Waals surface area contributed by atoms with Crippen LogP contribution in [-0.4, -0.2) is 15.7 Å². The van der Waals surface area contributed by atoms with Crippen molar-refractivity contribution >= 4 is 0 Å². The lowest BCUT2D eigenvalue weighted by atomic mass is 10.0. The first-order chi connectivity index (χ1) is 7.04. The molecule has 0 saturated carbocycles. The molecule has 2 N–H and O–H groups in total. The molecule has 0 bridgehead atoms. The summed E-state index contributed by atoms with van der Waals surface area (Å²) < 4.78 is 10.0. The second-order valence-electron chi connectivity index (χ2n) is 4.19. The van der Waals surface area contributed by atoms with Gasteiger partial charge in [0.1, 0.15) is 6.26 Å². The lowest BCUT2D eigenvalue weighted by Gasteiger charge is -2.14. The number of rotatable bonds is 3. The van der Waals surface area contributed by atoms with Crippen LogP contribution in [-0.2, 0) is 6.42 Å². The molecule has 15 heavy (non-hydrogen) atoms. The van der Waals surface area contributed by atoms with E-state index in [-0.39, 0.29) is 5.54 Å². The van der Waals surface area contributed by atoms with Crippen molar-refractivity contribution in [3.8, 4) is 11.4 Å². The molecule has 2 rings (SSSR count). The van der Waals surface area contributed by atoms with E-state index in [1.54, 1.807) is 18.6 Å². The highest BCUT2D eigenvalue weighted by Crippen LogP contribution is 2.17. The van der Waals surface area contributed by atoms with Crippen molar-refractivity contribution in [2.75, 3.05) is 0 Å². The van der Waals surface area contributed by atoms with Crippen LogP contribution in [0.25, 0.3) is 11.4 Å². The smallest absolute Gasteiger partial charge is 0.228 e. The minimum Gasteiger partial charge on any atom is -0.472 e. The van der Waals surface area contributed by atoms with Gasteiger partial charge in [0.05, 0.1) is 11.8 Å². The van der Waals surface area contributed by atoms with Crippen LogP contribution in [0.4, 0.5) is 0 Å². The van der Waals surface area contributed by atoms with Gasteiger partial charge < -0.3 is 14.7 Å². The Kier molecular flexibility index (Phi) is 2.32. The zero-order valence-electron chi connectivity index (χ0n) is 8.73. The van der Waals surface area contributed by atoms with Crippen molar-refractivity contribution in [1.82, 2.24) is 10.1 Å². The van der Waals surface area contributed by atoms with E-state index < -0.39 is 0 Å². The zero-order valence-corrected chi connectivity index (χ0v) is 8.73. The highest BCUT2D eigenvalue weighted by Gasteiger charge is 2.17. The molecule has 0 fully saturated rings. The summed E-state index contributed by atoms with van der Waals surface area (Å²) in [4.78, 5) is 4.22. The SMILES string of the molecule is CC(C)(N)Cc1nc(-c2ccoc2)no1. The molecular formula is C10H13N3O2. The van der Waals surface area contributed by atoms with E-state index in [4.69, 9.17) is 14.7 Å². The van der Waals surface area contributed by atoms with E-state index in [2.05, 4.69) is 10.1 Å². The van der Waals surface area contributed by atoms with Gasteiger partial charge in [-0.2, -0.15) is 4.98 Å². The Morgan fingerprint density at radius 3 is 2.87 bits per heavy atom. The summed E-state index contributed by atoms with van der Waals surface area (Å²) in [6.07, 6.45) is 3.69. The first-order valence-corrected chi connectivity index (χ1v) is 4.69. The number of nitrogens with zero attached hydrogens (tertiary/aromatic N) is 2. The van der Waals surface area contributed by atoms with Gasteiger partial charge in [0.2, 0.25) is 11.7 Å². The summed E-state index contributed by atoms with van der Waals surface area (Å²) in [5.41, 5.74) is 6.31. The van der Waals surface area contributed by atoms with E-state index in [0.29, 0.717) is 18.1 Å². The van der Waals surface area contributed by atoms with Crippen molar-refractivity contribution < 1.29 is 8.94 Å². The third-order valence-corrected chi connectivity index (χ3v) is 1.85. The number of furan rings is 1. The Balaban J connectivity index is 2.18. The monoisotopic (exact) mass is 207 g/mol. The third-order valence-electron chi connectivity index (χ3n) is 1.85. The molecule has 5 nitrogen and oxygen atoms in total. The fourth-order valence-corrected chi connectivity index (χ4v) is 1.23. The third kappa shape index (κ3) is 2.44. The zero-order chi connectivity index (χ0) is 10.9. The normalized spacial score (nSPS) is 11.9. The Labute approximate surface area is 87.3 Å². The van der Waals surface area contributed by atoms with Crippen molar-refractivity contribution in [3.05, 3.63) is 24.5 Å². The van der Waals surface area contributed by atoms with Crippen molar-refractivity contribution in [2.24, 2.45) is 5.73 Å². The second-order valence-corrected chi connectivity index (χ2v) is 4.19. The summed E-state index contributed by atoms with van der Waals surface area (Å²) in [5.74, 6) is 1.07. The Morgan fingerprint density at radius 1 is 1.47 bits per heavy atom. The summed E-state index contributed by atoms with van der Waals surface area (Å²) in [7, 11) is 0. The average molecular weight is 207 g/mol. The maximum atomic E-state index is 5.85. The molecule has 5 heteroatoms. The molecule has 0 aliphatic carbocycles. The molecule has 2 aromatic heterocycles. The van der Waals surface area contributed by atoms with Gasteiger partial charge in [0, 0.05) is 12.0 Å². The first-order valence-electron chi connectivity index (χ1n) is 4.69. The lowest BCUT2D eigenvalue weighted by molar-refractivity contribution is 0.348. The van der Waals surface area contributed by atoms with E-state index in [0.717, 1.165) is 5.56 Å². The van der Waals surface area contributed by atoms with Crippen LogP contribution in [0, 0.1) is 0 Å². The van der Waals surface area contributed by atoms with Crippen LogP contribution in [0.3, 0.4) is 0 Å². The molecule has 0 saturated heterocycles. The quantitative estimate of drug-likeness (QED) is 0.827. The average Bonchev–Trinajstić information content (AvgIpc) is 2.68. The first kappa shape index (κ1) is 9.92. The van der Waals surface area contributed by atoms with Crippen molar-refractivity contribution in [1.29, 1.82) is 0 Å². The van der Waals surface area contributed by atoms with Gasteiger partial charge in [-0.05, 0) is 19.9 Å². The number of hydrogen-bond acceptors (Lipinski definition) is 5. The fraction of sp³-hybridized carbons (Fsp3) is 0.400. The minimum atomic E-state index is -0.347. The molecule has 2 heterocycles. The molecule has 80 valence electrons. The largest absolute Gasteiger partial charge is 0.472 e. The van der Waals surface area contributed by atoms with Crippen LogP contribution in [0.2, 0.25) is 0 Å². The molecular weight excluding hydrogens is 194 g/mol. The van der Waals surface area contributed by atoms with Gasteiger partial charge in [-0.15, -0.1) is 0 Å². The number of hydrogen-bond donors (Lipinski definition) is 1. The van der Waals surface area contributed by atoms with Crippen LogP contribution < -0.4 is 5.73 Å². The Bertz CT molecular complexity index is 426. The fourth-order valence-electron chi connectivity index (χ4n) is 1.23. The van der Waals surface area contributed by atoms with Crippen molar-refractivity contribution in [2.45, 2.75) is 25.8 Å². The highest BCUT2D eigenvalue weighted by molar-refractivity contribution is 5.51. The Hall–Kier alpha value is -1.62. The molecule has 0 aromatic carbocycles. The molecule has 2 aromatic rings. The number of nitrogens with two attached hydrogens (primary N) is 1. The predicted octanol–water partition coefficient (Wildman–Crippen LogP) is 1.61. The van der Waals surface area contributed by atoms with Crippen LogP contribution in [0.5, 0.6) is 0 Å². The molecule has 0 unspecified atom stereocenters. The maximum Gasteiger partial charge on any atom is 0.228 e. The predicted molar refractivity (Wildman–Crippen MR) is 54.0 cm³/mol. The van der Waals surface area contributed by atoms with Gasteiger partial charge in [-0.25, -0.2) is 0 Å². The van der Waals surface area contributed by atoms with E-state index in [1.165, 1.54) is 0 Å². The van der Waals surface area contributed by atoms with Gasteiger partial charge in [0.15, 0.2) is 0 Å². The Morgan fingerprint density at radius 2 is 2.27 bits per heavy atom. The maximum absolute atomic E-state index is 5.85. The van der Waals surface area contributed by atoms with Gasteiger partial charge in [0.25, 0.3) is 0 Å². The van der Waals surface area contributed by atoms with Gasteiger partial charge in [-0.3, -0.25) is 0 Å². The molecule has 0 aliphatic heterocycles. The molecule has 0 spiro atoms. The van der Waals surface area contributed by atoms with E-state index in [9.17, 15) is 0 Å². The van der Waals surface area contributed by atoms with Gasteiger partial charge in [-0.1, -0.05) is 5.16 Å². The number of aromatic nitrogens is 2. The van der Waals surface area contributed by atoms with Crippen LogP contribution in [0.1, 0.15) is 19.7 Å². The van der Waals surface area contributed by atoms with Crippen LogP contribution in [0.15, 0.2) is 27.5 Å². The summed E-state index contributed by atoms with van der Waals surface area (Å²) in [5, 5.41) is 3.84. The standard InChI is InChI=1S/C10H13N3O2/c1-10(2,11)5-8-12-9(13-15-8)7-3-4-14-6-7/h3-4,6H,5,11H2,1-2H3. The minimum absolute atomic E-state index is 0.347. The molecule has 0 radical (unpaired) electrons. The second kappa shape index (κ2) is 3.51. The van der Waals surface area contributed by atoms with E-state index >= 15 is 0 Å². The van der Waals surface area contributed by atoms with E-state index in [1.807, 2.05) is 13.8 Å². The topological polar surface area (TPSA) is 78.1 Å². The summed E-state index contributed by atoms with van der Waals surface area (Å²) in [6.45, 7) is 3.82. The highest BCUT2D eigenvalue weighted by atomic mass is 16.5. The van der Waals surface area contributed by atoms with Gasteiger partial charge >= 0.3 is 0 Å². The molecule has 0 atom stereocenters. The van der Waals surface area contributed by atoms with Crippen LogP contribution >= 0.6 is 0 Å². The lowest BCUT2D eigenvalue weighted by Crippen LogP contribution is -2.34. The van der Waals surface area contributed by atoms with Crippen molar-refractivity contribution in [3.63, 3.8) is 0 Å². The summed E-state index contributed by atoms with van der Waals surface area (Å²) in [6, 6.07) is 1.78. The molecule has 0 aliphatic rings. The molecule has 0 amide bonds.